The molecular formula is C21H26O2. The van der Waals surface area contributed by atoms with E-state index in [1.807, 2.05) is 12.2 Å². The second kappa shape index (κ2) is 5.08. The van der Waals surface area contributed by atoms with E-state index in [4.69, 9.17) is 6.42 Å². The molecule has 0 aromatic carbocycles. The lowest BCUT2D eigenvalue weighted by molar-refractivity contribution is -0.116. The van der Waals surface area contributed by atoms with Crippen molar-refractivity contribution in [3.63, 3.8) is 0 Å². The van der Waals surface area contributed by atoms with Crippen LogP contribution in [0.2, 0.25) is 0 Å². The van der Waals surface area contributed by atoms with E-state index >= 15 is 0 Å². The Morgan fingerprint density at radius 2 is 2.13 bits per heavy atom. The normalized spacial score (nSPS) is 48.0. The van der Waals surface area contributed by atoms with E-state index in [9.17, 15) is 9.90 Å². The van der Waals surface area contributed by atoms with Gasteiger partial charge in [-0.2, -0.15) is 0 Å². The minimum atomic E-state index is -1.07. The molecule has 122 valence electrons. The minimum absolute atomic E-state index is 0.172. The van der Waals surface area contributed by atoms with Crippen LogP contribution in [0, 0.1) is 41.4 Å². The summed E-state index contributed by atoms with van der Waals surface area (Å²) in [5.74, 6) is 5.28. The Morgan fingerprint density at radius 3 is 2.87 bits per heavy atom. The molecule has 2 nitrogen and oxygen atoms in total. The fourth-order valence-electron chi connectivity index (χ4n) is 6.38. The number of fused-ring (bicyclic) bond motifs is 5. The molecule has 4 aliphatic carbocycles. The summed E-state index contributed by atoms with van der Waals surface area (Å²) in [4.78, 5) is 11.7. The number of allylic oxidation sites excluding steroid dienone is 3. The van der Waals surface area contributed by atoms with Crippen LogP contribution in [0.1, 0.15) is 51.9 Å². The zero-order chi connectivity index (χ0) is 16.2. The van der Waals surface area contributed by atoms with Crippen LogP contribution in [-0.4, -0.2) is 16.5 Å². The fourth-order valence-corrected chi connectivity index (χ4v) is 6.38. The van der Waals surface area contributed by atoms with Crippen molar-refractivity contribution < 1.29 is 9.90 Å². The zero-order valence-electron chi connectivity index (χ0n) is 13.9. The number of hydrogen-bond acceptors (Lipinski definition) is 2. The first kappa shape index (κ1) is 15.2. The molecule has 0 saturated heterocycles. The van der Waals surface area contributed by atoms with Gasteiger partial charge in [0.15, 0.2) is 5.78 Å². The maximum absolute atomic E-state index is 11.7. The van der Waals surface area contributed by atoms with Gasteiger partial charge in [0.1, 0.15) is 5.60 Å². The third-order valence-electron chi connectivity index (χ3n) is 7.54. The van der Waals surface area contributed by atoms with Crippen molar-refractivity contribution >= 4 is 5.78 Å². The van der Waals surface area contributed by atoms with E-state index in [0.29, 0.717) is 35.9 Å². The molecule has 0 bridgehead atoms. The summed E-state index contributed by atoms with van der Waals surface area (Å²) in [6.07, 6.45) is 18.8. The molecule has 4 rings (SSSR count). The SMILES string of the molecule is C#C[C@]1(O)C=C[C@@H]2[C@H]3CCC4=CC(=O)CC[C@@H]4[C@H]3CC[C@@]21CC. The van der Waals surface area contributed by atoms with Crippen molar-refractivity contribution in [2.75, 3.05) is 0 Å². The zero-order valence-corrected chi connectivity index (χ0v) is 13.9. The summed E-state index contributed by atoms with van der Waals surface area (Å²) in [5.41, 5.74) is 0.158. The Kier molecular flexibility index (Phi) is 3.36. The molecule has 2 heteroatoms. The lowest BCUT2D eigenvalue weighted by Crippen LogP contribution is -2.54. The number of carbonyl (C=O) groups excluding carboxylic acids is 1. The van der Waals surface area contributed by atoms with E-state index in [2.05, 4.69) is 18.9 Å². The van der Waals surface area contributed by atoms with Crippen LogP contribution in [0.5, 0.6) is 0 Å². The van der Waals surface area contributed by atoms with Crippen molar-refractivity contribution in [2.24, 2.45) is 29.1 Å². The van der Waals surface area contributed by atoms with Crippen LogP contribution in [0.3, 0.4) is 0 Å². The molecule has 6 atom stereocenters. The highest BCUT2D eigenvalue weighted by Gasteiger charge is 2.61. The van der Waals surface area contributed by atoms with Crippen LogP contribution in [0.15, 0.2) is 23.8 Å². The van der Waals surface area contributed by atoms with Gasteiger partial charge in [-0.3, -0.25) is 4.79 Å². The van der Waals surface area contributed by atoms with Crippen LogP contribution in [-0.2, 0) is 4.79 Å². The number of rotatable bonds is 1. The van der Waals surface area contributed by atoms with Crippen LogP contribution >= 0.6 is 0 Å². The topological polar surface area (TPSA) is 37.3 Å². The average Bonchev–Trinajstić information content (AvgIpc) is 2.88. The Bertz CT molecular complexity index is 637. The first-order chi connectivity index (χ1) is 11.0. The maximum Gasteiger partial charge on any atom is 0.155 e. The molecule has 0 amide bonds. The Hall–Kier alpha value is -1.33. The molecule has 0 aromatic rings. The Labute approximate surface area is 139 Å². The van der Waals surface area contributed by atoms with E-state index in [-0.39, 0.29) is 5.41 Å². The van der Waals surface area contributed by atoms with Gasteiger partial charge < -0.3 is 5.11 Å². The van der Waals surface area contributed by atoms with Crippen molar-refractivity contribution in [1.82, 2.24) is 0 Å². The smallest absolute Gasteiger partial charge is 0.155 e. The van der Waals surface area contributed by atoms with Crippen LogP contribution < -0.4 is 0 Å². The fraction of sp³-hybridized carbons (Fsp3) is 0.667. The maximum atomic E-state index is 11.7. The molecule has 0 unspecified atom stereocenters. The third-order valence-corrected chi connectivity index (χ3v) is 7.54. The van der Waals surface area contributed by atoms with Gasteiger partial charge in [0.2, 0.25) is 0 Å². The van der Waals surface area contributed by atoms with Crippen LogP contribution in [0.4, 0.5) is 0 Å². The van der Waals surface area contributed by atoms with Crippen molar-refractivity contribution in [3.05, 3.63) is 23.8 Å². The number of ketones is 1. The highest BCUT2D eigenvalue weighted by Crippen LogP contribution is 2.63. The number of aliphatic hydroxyl groups is 1. The predicted octanol–water partition coefficient (Wildman–Crippen LogP) is 3.66. The van der Waals surface area contributed by atoms with Gasteiger partial charge in [-0.15, -0.1) is 6.42 Å². The Morgan fingerprint density at radius 1 is 1.30 bits per heavy atom. The first-order valence-electron chi connectivity index (χ1n) is 9.17. The molecule has 0 aromatic heterocycles. The minimum Gasteiger partial charge on any atom is -0.373 e. The second-order valence-corrected chi connectivity index (χ2v) is 8.04. The highest BCUT2D eigenvalue weighted by molar-refractivity contribution is 5.91. The molecule has 2 fully saturated rings. The number of carbonyl (C=O) groups is 1. The molecule has 2 saturated carbocycles. The lowest BCUT2D eigenvalue weighted by Gasteiger charge is -2.55. The van der Waals surface area contributed by atoms with E-state index in [1.165, 1.54) is 5.57 Å². The van der Waals surface area contributed by atoms with Crippen LogP contribution in [0.25, 0.3) is 0 Å². The van der Waals surface area contributed by atoms with E-state index in [0.717, 1.165) is 38.5 Å². The van der Waals surface area contributed by atoms with Gasteiger partial charge in [-0.05, 0) is 74.3 Å². The molecule has 0 radical (unpaired) electrons. The first-order valence-corrected chi connectivity index (χ1v) is 9.17. The molecule has 23 heavy (non-hydrogen) atoms. The number of terminal acetylenes is 1. The van der Waals surface area contributed by atoms with Crippen molar-refractivity contribution in [1.29, 1.82) is 0 Å². The molecular weight excluding hydrogens is 284 g/mol. The number of hydrogen-bond donors (Lipinski definition) is 1. The summed E-state index contributed by atoms with van der Waals surface area (Å²) >= 11 is 0. The quantitative estimate of drug-likeness (QED) is 0.593. The van der Waals surface area contributed by atoms with Gasteiger partial charge in [0.25, 0.3) is 0 Å². The van der Waals surface area contributed by atoms with Gasteiger partial charge >= 0.3 is 0 Å². The molecule has 0 aliphatic heterocycles. The lowest BCUT2D eigenvalue weighted by atomic mass is 9.49. The monoisotopic (exact) mass is 310 g/mol. The molecule has 4 aliphatic rings. The highest BCUT2D eigenvalue weighted by atomic mass is 16.3. The summed E-state index contributed by atoms with van der Waals surface area (Å²) in [5, 5.41) is 11.0. The van der Waals surface area contributed by atoms with E-state index < -0.39 is 5.60 Å². The molecule has 0 spiro atoms. The second-order valence-electron chi connectivity index (χ2n) is 8.04. The summed E-state index contributed by atoms with van der Waals surface area (Å²) < 4.78 is 0. The molecule has 0 heterocycles. The van der Waals surface area contributed by atoms with E-state index in [1.54, 1.807) is 0 Å². The summed E-state index contributed by atoms with van der Waals surface area (Å²) in [7, 11) is 0. The van der Waals surface area contributed by atoms with Crippen molar-refractivity contribution in [3.8, 4) is 12.3 Å². The average molecular weight is 310 g/mol. The van der Waals surface area contributed by atoms with Gasteiger partial charge in [-0.1, -0.05) is 24.5 Å². The standard InChI is InChI=1S/C21H26O2/c1-3-20-11-9-17-16-8-6-15(22)13-14(16)5-7-18(17)19(20)10-12-21(20,23)4-2/h2,10,12-13,16-19,23H,3,5-9,11H2,1H3/t16-,17+,18-,19+,20-,21-/m0/s1. The van der Waals surface area contributed by atoms with Gasteiger partial charge in [0, 0.05) is 11.8 Å². The van der Waals surface area contributed by atoms with Crippen molar-refractivity contribution in [2.45, 2.75) is 57.5 Å². The summed E-state index contributed by atoms with van der Waals surface area (Å²) in [6, 6.07) is 0. The summed E-state index contributed by atoms with van der Waals surface area (Å²) in [6.45, 7) is 2.18. The van der Waals surface area contributed by atoms with Gasteiger partial charge in [0.05, 0.1) is 0 Å². The molecule has 1 N–H and O–H groups in total. The third kappa shape index (κ3) is 1.89. The predicted molar refractivity (Wildman–Crippen MR) is 90.4 cm³/mol. The van der Waals surface area contributed by atoms with Gasteiger partial charge in [-0.25, -0.2) is 0 Å². The largest absolute Gasteiger partial charge is 0.373 e. The Balaban J connectivity index is 1.69.